The molecule has 2 amide bonds. The van der Waals surface area contributed by atoms with Crippen LogP contribution in [0.1, 0.15) is 10.4 Å². The first-order valence-corrected chi connectivity index (χ1v) is 11.2. The summed E-state index contributed by atoms with van der Waals surface area (Å²) in [5.74, 6) is 1.29. The van der Waals surface area contributed by atoms with Crippen LogP contribution in [0.3, 0.4) is 0 Å². The van der Waals surface area contributed by atoms with Gasteiger partial charge in [-0.2, -0.15) is 0 Å². The van der Waals surface area contributed by atoms with Gasteiger partial charge in [0.15, 0.2) is 5.16 Å². The number of aromatic nitrogens is 2. The van der Waals surface area contributed by atoms with Crippen LogP contribution in [0.5, 0.6) is 11.5 Å². The van der Waals surface area contributed by atoms with Crippen molar-refractivity contribution in [1.29, 1.82) is 0 Å². The molecule has 0 aliphatic rings. The number of nitrogens with one attached hydrogen (secondary N) is 2. The molecule has 0 spiro atoms. The zero-order valence-corrected chi connectivity index (χ0v) is 18.7. The molecule has 1 aromatic heterocycles. The van der Waals surface area contributed by atoms with Crippen molar-refractivity contribution in [2.45, 2.75) is 5.16 Å². The molecule has 1 heterocycles. The lowest BCUT2D eigenvalue weighted by molar-refractivity contribution is -0.113. The van der Waals surface area contributed by atoms with Crippen LogP contribution < -0.4 is 15.4 Å². The van der Waals surface area contributed by atoms with E-state index in [1.807, 2.05) is 48.1 Å². The number of ether oxygens (including phenoxy) is 1. The second-order valence-electron chi connectivity index (χ2n) is 7.13. The van der Waals surface area contributed by atoms with Crippen molar-refractivity contribution < 1.29 is 14.3 Å². The number of amides is 2. The van der Waals surface area contributed by atoms with Gasteiger partial charge in [-0.15, -0.1) is 0 Å². The Hall–Kier alpha value is -4.04. The van der Waals surface area contributed by atoms with E-state index in [2.05, 4.69) is 15.6 Å². The summed E-state index contributed by atoms with van der Waals surface area (Å²) >= 11 is 1.36. The molecule has 0 unspecified atom stereocenters. The molecule has 2 N–H and O–H groups in total. The molecular weight excluding hydrogens is 436 g/mol. The summed E-state index contributed by atoms with van der Waals surface area (Å²) < 4.78 is 7.61. The number of carbonyl (C=O) groups is 2. The van der Waals surface area contributed by atoms with Crippen LogP contribution in [-0.2, 0) is 11.8 Å². The quantitative estimate of drug-likeness (QED) is 0.355. The van der Waals surface area contributed by atoms with Crippen LogP contribution >= 0.6 is 11.8 Å². The van der Waals surface area contributed by atoms with Gasteiger partial charge in [0, 0.05) is 36.4 Å². The van der Waals surface area contributed by atoms with E-state index in [-0.39, 0.29) is 17.6 Å². The molecule has 4 rings (SSSR count). The molecular formula is C25H22N4O3S. The Bertz CT molecular complexity index is 1220. The third kappa shape index (κ3) is 6.24. The summed E-state index contributed by atoms with van der Waals surface area (Å²) in [6, 6.07) is 23.4. The van der Waals surface area contributed by atoms with Gasteiger partial charge in [0.1, 0.15) is 11.5 Å². The topological polar surface area (TPSA) is 85.2 Å². The molecule has 0 aliphatic carbocycles. The minimum atomic E-state index is -0.241. The zero-order chi connectivity index (χ0) is 23.0. The molecule has 3 aromatic carbocycles. The van der Waals surface area contributed by atoms with Crippen LogP contribution in [0.4, 0.5) is 11.4 Å². The van der Waals surface area contributed by atoms with Gasteiger partial charge in [-0.05, 0) is 60.7 Å². The molecule has 7 nitrogen and oxygen atoms in total. The van der Waals surface area contributed by atoms with Gasteiger partial charge >= 0.3 is 0 Å². The maximum Gasteiger partial charge on any atom is 0.255 e. The lowest BCUT2D eigenvalue weighted by atomic mass is 10.2. The van der Waals surface area contributed by atoms with Crippen LogP contribution in [0.2, 0.25) is 0 Å². The first-order chi connectivity index (χ1) is 16.1. The number of nitrogens with zero attached hydrogens (tertiary/aromatic N) is 2. The first-order valence-electron chi connectivity index (χ1n) is 10.2. The summed E-state index contributed by atoms with van der Waals surface area (Å²) in [7, 11) is 1.88. The van der Waals surface area contributed by atoms with E-state index in [4.69, 9.17) is 4.74 Å². The molecule has 0 bridgehead atoms. The van der Waals surface area contributed by atoms with Crippen molar-refractivity contribution in [2.75, 3.05) is 16.4 Å². The number of thioether (sulfide) groups is 1. The lowest BCUT2D eigenvalue weighted by Gasteiger charge is -2.09. The third-order valence-electron chi connectivity index (χ3n) is 4.63. The Morgan fingerprint density at radius 1 is 0.879 bits per heavy atom. The maximum absolute atomic E-state index is 12.5. The molecule has 0 saturated heterocycles. The van der Waals surface area contributed by atoms with Crippen molar-refractivity contribution in [3.8, 4) is 11.5 Å². The fourth-order valence-electron chi connectivity index (χ4n) is 2.96. The first kappa shape index (κ1) is 22.2. The summed E-state index contributed by atoms with van der Waals surface area (Å²) in [5.41, 5.74) is 1.77. The van der Waals surface area contributed by atoms with Crippen molar-refractivity contribution in [3.05, 3.63) is 96.8 Å². The highest BCUT2D eigenvalue weighted by Crippen LogP contribution is 2.23. The van der Waals surface area contributed by atoms with E-state index in [1.54, 1.807) is 54.7 Å². The molecule has 33 heavy (non-hydrogen) atoms. The second kappa shape index (κ2) is 10.5. The van der Waals surface area contributed by atoms with Crippen LogP contribution in [0.25, 0.3) is 0 Å². The van der Waals surface area contributed by atoms with E-state index in [0.717, 1.165) is 10.9 Å². The SMILES string of the molecule is Cn1ccnc1SCC(=O)Nc1ccc(C(=O)Nc2ccc(Oc3ccccc3)cc2)cc1. The predicted octanol–water partition coefficient (Wildman–Crippen LogP) is 5.20. The van der Waals surface area contributed by atoms with Crippen molar-refractivity contribution in [3.63, 3.8) is 0 Å². The van der Waals surface area contributed by atoms with E-state index >= 15 is 0 Å². The van der Waals surface area contributed by atoms with Crippen LogP contribution in [0.15, 0.2) is 96.4 Å². The Kier molecular flexibility index (Phi) is 7.06. The average Bonchev–Trinajstić information content (AvgIpc) is 3.25. The molecule has 0 saturated carbocycles. The second-order valence-corrected chi connectivity index (χ2v) is 8.07. The summed E-state index contributed by atoms with van der Waals surface area (Å²) in [4.78, 5) is 28.9. The molecule has 8 heteroatoms. The number of para-hydroxylation sites is 1. The standard InChI is InChI=1S/C25H22N4O3S/c1-29-16-15-26-25(29)33-17-23(30)27-19-9-7-18(8-10-19)24(31)28-20-11-13-22(14-12-20)32-21-5-3-2-4-6-21/h2-16H,17H2,1H3,(H,27,30)(H,28,31). The molecule has 0 atom stereocenters. The van der Waals surface area contributed by atoms with Gasteiger partial charge < -0.3 is 19.9 Å². The fourth-order valence-corrected chi connectivity index (χ4v) is 3.69. The van der Waals surface area contributed by atoms with E-state index in [9.17, 15) is 9.59 Å². The summed E-state index contributed by atoms with van der Waals surface area (Å²) in [6.07, 6.45) is 3.52. The molecule has 0 fully saturated rings. The van der Waals surface area contributed by atoms with Gasteiger partial charge in [-0.1, -0.05) is 30.0 Å². The van der Waals surface area contributed by atoms with Crippen molar-refractivity contribution in [1.82, 2.24) is 9.55 Å². The number of carbonyl (C=O) groups excluding carboxylic acids is 2. The maximum atomic E-state index is 12.5. The minimum absolute atomic E-state index is 0.141. The van der Waals surface area contributed by atoms with E-state index in [0.29, 0.717) is 22.7 Å². The van der Waals surface area contributed by atoms with Gasteiger partial charge in [-0.25, -0.2) is 4.98 Å². The van der Waals surface area contributed by atoms with Gasteiger partial charge in [0.2, 0.25) is 5.91 Å². The Morgan fingerprint density at radius 2 is 1.52 bits per heavy atom. The highest BCUT2D eigenvalue weighted by Gasteiger charge is 2.09. The predicted molar refractivity (Wildman–Crippen MR) is 130 cm³/mol. The van der Waals surface area contributed by atoms with Gasteiger partial charge in [0.05, 0.1) is 5.75 Å². The Labute approximate surface area is 195 Å². The molecule has 0 aliphatic heterocycles. The van der Waals surface area contributed by atoms with Crippen molar-refractivity contribution in [2.24, 2.45) is 7.05 Å². The van der Waals surface area contributed by atoms with Gasteiger partial charge in [0.25, 0.3) is 5.91 Å². The third-order valence-corrected chi connectivity index (χ3v) is 5.69. The number of rotatable bonds is 8. The van der Waals surface area contributed by atoms with Gasteiger partial charge in [-0.3, -0.25) is 9.59 Å². The largest absolute Gasteiger partial charge is 0.457 e. The summed E-state index contributed by atoms with van der Waals surface area (Å²) in [6.45, 7) is 0. The number of aryl methyl sites for hydroxylation is 1. The lowest BCUT2D eigenvalue weighted by Crippen LogP contribution is -2.15. The molecule has 4 aromatic rings. The molecule has 166 valence electrons. The number of imidazole rings is 1. The van der Waals surface area contributed by atoms with E-state index in [1.165, 1.54) is 11.8 Å². The summed E-state index contributed by atoms with van der Waals surface area (Å²) in [5, 5.41) is 6.45. The number of hydrogen-bond donors (Lipinski definition) is 2. The Balaban J connectivity index is 1.28. The zero-order valence-electron chi connectivity index (χ0n) is 17.9. The smallest absolute Gasteiger partial charge is 0.255 e. The fraction of sp³-hybridized carbons (Fsp3) is 0.0800. The van der Waals surface area contributed by atoms with Crippen LogP contribution in [-0.4, -0.2) is 27.1 Å². The molecule has 0 radical (unpaired) electrons. The normalized spacial score (nSPS) is 10.5. The monoisotopic (exact) mass is 458 g/mol. The minimum Gasteiger partial charge on any atom is -0.457 e. The highest BCUT2D eigenvalue weighted by molar-refractivity contribution is 7.99. The van der Waals surface area contributed by atoms with Crippen LogP contribution in [0, 0.1) is 0 Å². The highest BCUT2D eigenvalue weighted by atomic mass is 32.2. The Morgan fingerprint density at radius 3 is 2.18 bits per heavy atom. The number of anilines is 2. The average molecular weight is 459 g/mol. The number of benzene rings is 3. The van der Waals surface area contributed by atoms with E-state index < -0.39 is 0 Å². The number of hydrogen-bond acceptors (Lipinski definition) is 5. The van der Waals surface area contributed by atoms with Crippen molar-refractivity contribution >= 4 is 35.0 Å².